The molecule has 0 radical (unpaired) electrons. The quantitative estimate of drug-likeness (QED) is 0.236. The molecule has 0 spiro atoms. The molecular formula is C31H29FN2O3S. The smallest absolute Gasteiger partial charge is 0.176 e. The van der Waals surface area contributed by atoms with E-state index in [2.05, 4.69) is 0 Å². The number of thiocarbonyl (C=S) groups is 1. The molecule has 0 amide bonds. The molecule has 194 valence electrons. The predicted octanol–water partition coefficient (Wildman–Crippen LogP) is 6.56. The minimum Gasteiger partial charge on any atom is -0.508 e. The number of phenols is 2. The molecule has 1 fully saturated rings. The largest absolute Gasteiger partial charge is 0.508 e. The molecule has 3 unspecified atom stereocenters. The molecule has 38 heavy (non-hydrogen) atoms. The number of aromatic hydroxyl groups is 2. The summed E-state index contributed by atoms with van der Waals surface area (Å²) in [6, 6.07) is 27.7. The van der Waals surface area contributed by atoms with Gasteiger partial charge in [0.05, 0.1) is 18.2 Å². The Hall–Kier alpha value is -3.94. The second kappa shape index (κ2) is 10.8. The number of rotatable bonds is 7. The van der Waals surface area contributed by atoms with Gasteiger partial charge in [-0.1, -0.05) is 54.6 Å². The van der Waals surface area contributed by atoms with Gasteiger partial charge in [-0.15, -0.1) is 0 Å². The van der Waals surface area contributed by atoms with Crippen molar-refractivity contribution in [2.75, 3.05) is 11.9 Å². The van der Waals surface area contributed by atoms with Gasteiger partial charge in [0.1, 0.15) is 17.3 Å². The second-order valence-corrected chi connectivity index (χ2v) is 9.94. The van der Waals surface area contributed by atoms with E-state index in [1.165, 1.54) is 12.1 Å². The van der Waals surface area contributed by atoms with Gasteiger partial charge in [-0.25, -0.2) is 4.39 Å². The highest BCUT2D eigenvalue weighted by molar-refractivity contribution is 7.80. The zero-order valence-electron chi connectivity index (χ0n) is 20.9. The third-order valence-corrected chi connectivity index (χ3v) is 7.69. The summed E-state index contributed by atoms with van der Waals surface area (Å²) >= 11 is 5.89. The Morgan fingerprint density at radius 1 is 0.868 bits per heavy atom. The summed E-state index contributed by atoms with van der Waals surface area (Å²) in [4.78, 5) is 4.07. The molecule has 1 heterocycles. The maximum absolute atomic E-state index is 13.4. The first-order valence-electron chi connectivity index (χ1n) is 12.5. The molecule has 3 N–H and O–H groups in total. The molecular weight excluding hydrogens is 499 g/mol. The van der Waals surface area contributed by atoms with E-state index in [1.807, 2.05) is 65.4 Å². The van der Waals surface area contributed by atoms with Gasteiger partial charge in [0.2, 0.25) is 0 Å². The molecule has 0 bridgehead atoms. The number of anilines is 1. The van der Waals surface area contributed by atoms with Crippen molar-refractivity contribution < 1.29 is 19.7 Å². The highest BCUT2D eigenvalue weighted by Crippen LogP contribution is 2.44. The summed E-state index contributed by atoms with van der Waals surface area (Å²) in [6.07, 6.45) is 0.257. The van der Waals surface area contributed by atoms with E-state index in [0.717, 1.165) is 16.8 Å². The fraction of sp³-hybridized carbons (Fsp3) is 0.194. The monoisotopic (exact) mass is 528 g/mol. The Morgan fingerprint density at radius 3 is 2.26 bits per heavy atom. The highest BCUT2D eigenvalue weighted by atomic mass is 32.1. The van der Waals surface area contributed by atoms with E-state index in [9.17, 15) is 19.7 Å². The first-order chi connectivity index (χ1) is 18.3. The lowest BCUT2D eigenvalue weighted by Crippen LogP contribution is -2.31. The van der Waals surface area contributed by atoms with Crippen molar-refractivity contribution in [2.24, 2.45) is 0 Å². The summed E-state index contributed by atoms with van der Waals surface area (Å²) in [5, 5.41) is 32.6. The van der Waals surface area contributed by atoms with E-state index in [1.54, 1.807) is 36.4 Å². The normalized spacial score (nSPS) is 18.1. The number of aliphatic hydroxyl groups excluding tert-OH is 1. The lowest BCUT2D eigenvalue weighted by Gasteiger charge is -2.30. The molecule has 5 rings (SSSR count). The number of hydrogen-bond acceptors (Lipinski definition) is 4. The first kappa shape index (κ1) is 25.7. The van der Waals surface area contributed by atoms with Crippen LogP contribution >= 0.6 is 12.2 Å². The zero-order chi connectivity index (χ0) is 26.8. The lowest BCUT2D eigenvalue weighted by atomic mass is 9.91. The molecule has 3 atom stereocenters. The Labute approximate surface area is 227 Å². The standard InChI is InChI=1S/C31H29FN2O3S/c1-33-27(16-17-28(36)20-10-13-23(32)14-11-20)30(34(31(33)38)24-7-3-2-4-8-24)26-15-12-22(19-29(26)37)21-6-5-9-25(35)18-21/h2-15,18-19,27-28,30,35-37H,16-17H2,1H3. The summed E-state index contributed by atoms with van der Waals surface area (Å²) in [6.45, 7) is 0. The van der Waals surface area contributed by atoms with Crippen LogP contribution in [0.2, 0.25) is 0 Å². The van der Waals surface area contributed by atoms with E-state index in [0.29, 0.717) is 29.1 Å². The van der Waals surface area contributed by atoms with Crippen LogP contribution in [-0.2, 0) is 0 Å². The average Bonchev–Trinajstić information content (AvgIpc) is 3.17. The van der Waals surface area contributed by atoms with E-state index >= 15 is 0 Å². The fourth-order valence-electron chi connectivity index (χ4n) is 5.21. The van der Waals surface area contributed by atoms with Gasteiger partial charge in [-0.05, 0) is 84.2 Å². The van der Waals surface area contributed by atoms with Gasteiger partial charge < -0.3 is 25.1 Å². The lowest BCUT2D eigenvalue weighted by molar-refractivity contribution is 0.152. The second-order valence-electron chi connectivity index (χ2n) is 9.58. The van der Waals surface area contributed by atoms with Gasteiger partial charge in [0, 0.05) is 18.3 Å². The van der Waals surface area contributed by atoms with Crippen LogP contribution in [0.15, 0.2) is 97.1 Å². The molecule has 4 aromatic carbocycles. The Kier molecular flexibility index (Phi) is 7.31. The summed E-state index contributed by atoms with van der Waals surface area (Å²) in [7, 11) is 1.94. The average molecular weight is 529 g/mol. The molecule has 0 aliphatic carbocycles. The number of likely N-dealkylation sites (N-methyl/N-ethyl adjacent to an activating group) is 1. The predicted molar refractivity (Wildman–Crippen MR) is 152 cm³/mol. The molecule has 0 saturated carbocycles. The van der Waals surface area contributed by atoms with Crippen molar-refractivity contribution in [3.63, 3.8) is 0 Å². The topological polar surface area (TPSA) is 67.2 Å². The highest BCUT2D eigenvalue weighted by Gasteiger charge is 2.44. The van der Waals surface area contributed by atoms with Crippen LogP contribution < -0.4 is 4.90 Å². The molecule has 1 aliphatic heterocycles. The zero-order valence-corrected chi connectivity index (χ0v) is 21.7. The number of aliphatic hydroxyl groups is 1. The van der Waals surface area contributed by atoms with Crippen LogP contribution in [0.4, 0.5) is 10.1 Å². The number of halogens is 1. The molecule has 5 nitrogen and oxygen atoms in total. The van der Waals surface area contributed by atoms with Crippen LogP contribution in [0.3, 0.4) is 0 Å². The molecule has 7 heteroatoms. The van der Waals surface area contributed by atoms with Crippen LogP contribution in [0, 0.1) is 5.82 Å². The fourth-order valence-corrected chi connectivity index (χ4v) is 5.57. The van der Waals surface area contributed by atoms with E-state index in [4.69, 9.17) is 12.2 Å². The molecule has 1 saturated heterocycles. The Balaban J connectivity index is 1.50. The Bertz CT molecular complexity index is 1430. The van der Waals surface area contributed by atoms with Crippen molar-refractivity contribution in [1.82, 2.24) is 4.90 Å². The molecule has 4 aromatic rings. The first-order valence-corrected chi connectivity index (χ1v) is 12.9. The minimum absolute atomic E-state index is 0.124. The van der Waals surface area contributed by atoms with E-state index in [-0.39, 0.29) is 29.4 Å². The van der Waals surface area contributed by atoms with Gasteiger partial charge >= 0.3 is 0 Å². The van der Waals surface area contributed by atoms with Crippen molar-refractivity contribution in [3.8, 4) is 22.6 Å². The summed E-state index contributed by atoms with van der Waals surface area (Å²) in [5.41, 5.74) is 3.86. The summed E-state index contributed by atoms with van der Waals surface area (Å²) in [5.74, 6) is -0.0622. The number of nitrogens with zero attached hydrogens (tertiary/aromatic N) is 2. The SMILES string of the molecule is CN1C(=S)N(c2ccccc2)C(c2ccc(-c3cccc(O)c3)cc2O)C1CCC(O)c1ccc(F)cc1. The van der Waals surface area contributed by atoms with Crippen molar-refractivity contribution in [1.29, 1.82) is 0 Å². The Morgan fingerprint density at radius 2 is 1.58 bits per heavy atom. The van der Waals surface area contributed by atoms with Crippen LogP contribution in [0.25, 0.3) is 11.1 Å². The van der Waals surface area contributed by atoms with Crippen LogP contribution in [0.1, 0.15) is 36.1 Å². The van der Waals surface area contributed by atoms with Crippen LogP contribution in [-0.4, -0.2) is 38.4 Å². The minimum atomic E-state index is -0.759. The van der Waals surface area contributed by atoms with Gasteiger partial charge in [-0.2, -0.15) is 0 Å². The number of benzene rings is 4. The number of para-hydroxylation sites is 1. The maximum Gasteiger partial charge on any atom is 0.176 e. The third-order valence-electron chi connectivity index (χ3n) is 7.20. The van der Waals surface area contributed by atoms with Gasteiger partial charge in [0.25, 0.3) is 0 Å². The molecule has 1 aliphatic rings. The maximum atomic E-state index is 13.4. The van der Waals surface area contributed by atoms with Crippen molar-refractivity contribution >= 4 is 23.0 Å². The number of phenolic OH excluding ortho intramolecular Hbond substituents is 2. The number of hydrogen-bond donors (Lipinski definition) is 3. The molecule has 0 aromatic heterocycles. The summed E-state index contributed by atoms with van der Waals surface area (Å²) < 4.78 is 13.4. The van der Waals surface area contributed by atoms with E-state index < -0.39 is 6.10 Å². The van der Waals surface area contributed by atoms with Gasteiger partial charge in [0.15, 0.2) is 5.11 Å². The van der Waals surface area contributed by atoms with Gasteiger partial charge in [-0.3, -0.25) is 0 Å². The third kappa shape index (κ3) is 5.08. The van der Waals surface area contributed by atoms with Crippen molar-refractivity contribution in [3.05, 3.63) is 114 Å². The van der Waals surface area contributed by atoms with Crippen LogP contribution in [0.5, 0.6) is 11.5 Å². The van der Waals surface area contributed by atoms with Crippen molar-refractivity contribution in [2.45, 2.75) is 31.0 Å².